The molecule has 1 aliphatic heterocycles. The molecule has 0 aliphatic carbocycles. The number of nitrogens with zero attached hydrogens (tertiary/aromatic N) is 3. The van der Waals surface area contributed by atoms with Crippen LogP contribution in [0.15, 0.2) is 40.9 Å². The van der Waals surface area contributed by atoms with Crippen molar-refractivity contribution in [2.45, 2.75) is 57.8 Å². The monoisotopic (exact) mass is 540 g/mol. The number of rotatable bonds is 10. The zero-order valence-corrected chi connectivity index (χ0v) is 22.1. The molecule has 1 aliphatic rings. The number of fused-ring (bicyclic) bond motifs is 1. The summed E-state index contributed by atoms with van der Waals surface area (Å²) in [5, 5.41) is 17.5. The minimum atomic E-state index is -0.819. The van der Waals surface area contributed by atoms with Gasteiger partial charge >= 0.3 is 5.97 Å². The summed E-state index contributed by atoms with van der Waals surface area (Å²) >= 11 is 3.59. The van der Waals surface area contributed by atoms with Crippen molar-refractivity contribution in [2.75, 3.05) is 18.5 Å². The Morgan fingerprint density at radius 1 is 1.20 bits per heavy atom. The molecule has 0 spiro atoms. The van der Waals surface area contributed by atoms with E-state index >= 15 is 0 Å². The standard InChI is InChI=1S/C27H33BrN4O3/c1-17(2)19-11-20(13-22(28)12-19)21(15-26(33)34)14-24-16-25(32(3)31-24)35-10-8-23-7-6-18-5-4-9-29-27(18)30-23/h6-7,11-13,16-17,21H,4-5,8-10,14-15H2,1-3H3,(H,29,30)(H,33,34). The smallest absolute Gasteiger partial charge is 0.303 e. The van der Waals surface area contributed by atoms with E-state index < -0.39 is 5.97 Å². The molecule has 7 nitrogen and oxygen atoms in total. The number of nitrogens with one attached hydrogen (secondary N) is 1. The molecule has 0 amide bonds. The van der Waals surface area contributed by atoms with E-state index in [4.69, 9.17) is 9.72 Å². The third-order valence-electron chi connectivity index (χ3n) is 6.40. The lowest BCUT2D eigenvalue weighted by atomic mass is 9.88. The minimum absolute atomic E-state index is 0.0405. The summed E-state index contributed by atoms with van der Waals surface area (Å²) in [6.45, 7) is 5.73. The minimum Gasteiger partial charge on any atom is -0.481 e. The number of hydrogen-bond acceptors (Lipinski definition) is 5. The van der Waals surface area contributed by atoms with Gasteiger partial charge in [-0.1, -0.05) is 41.9 Å². The number of pyridine rings is 1. The summed E-state index contributed by atoms with van der Waals surface area (Å²) in [5.41, 5.74) is 5.28. The van der Waals surface area contributed by atoms with Crippen LogP contribution in [-0.2, 0) is 31.1 Å². The zero-order valence-electron chi connectivity index (χ0n) is 20.6. The topological polar surface area (TPSA) is 89.3 Å². The first kappa shape index (κ1) is 25.2. The third kappa shape index (κ3) is 6.63. The molecule has 2 N–H and O–H groups in total. The highest BCUT2D eigenvalue weighted by molar-refractivity contribution is 9.10. The SMILES string of the molecule is CC(C)c1cc(Br)cc(C(CC(=O)O)Cc2cc(OCCc3ccc4c(n3)NCCC4)n(C)n2)c1. The second kappa shape index (κ2) is 11.2. The second-order valence-electron chi connectivity index (χ2n) is 9.51. The number of carboxylic acid groups (broad SMARTS) is 1. The van der Waals surface area contributed by atoms with Crippen LogP contribution < -0.4 is 10.1 Å². The Kier molecular flexibility index (Phi) is 8.11. The van der Waals surface area contributed by atoms with Crippen molar-refractivity contribution in [3.8, 4) is 5.88 Å². The maximum absolute atomic E-state index is 11.6. The quantitative estimate of drug-likeness (QED) is 0.353. The maximum Gasteiger partial charge on any atom is 0.303 e. The number of anilines is 1. The summed E-state index contributed by atoms with van der Waals surface area (Å²) in [4.78, 5) is 16.4. The molecule has 35 heavy (non-hydrogen) atoms. The van der Waals surface area contributed by atoms with Crippen LogP contribution in [0.5, 0.6) is 5.88 Å². The zero-order chi connectivity index (χ0) is 24.9. The van der Waals surface area contributed by atoms with Crippen molar-refractivity contribution >= 4 is 27.7 Å². The molecule has 8 heteroatoms. The fraction of sp³-hybridized carbons (Fsp3) is 0.444. The van der Waals surface area contributed by atoms with Crippen LogP contribution in [-0.4, -0.2) is 39.0 Å². The Morgan fingerprint density at radius 3 is 2.77 bits per heavy atom. The van der Waals surface area contributed by atoms with Gasteiger partial charge in [0.25, 0.3) is 0 Å². The molecule has 1 atom stereocenters. The number of benzene rings is 1. The van der Waals surface area contributed by atoms with E-state index in [0.717, 1.165) is 46.6 Å². The first-order chi connectivity index (χ1) is 16.8. The highest BCUT2D eigenvalue weighted by Gasteiger charge is 2.20. The van der Waals surface area contributed by atoms with Gasteiger partial charge in [-0.3, -0.25) is 4.79 Å². The van der Waals surface area contributed by atoms with E-state index in [-0.39, 0.29) is 12.3 Å². The lowest BCUT2D eigenvalue weighted by molar-refractivity contribution is -0.137. The summed E-state index contributed by atoms with van der Waals surface area (Å²) in [6, 6.07) is 12.4. The number of aromatic nitrogens is 3. The second-order valence-corrected chi connectivity index (χ2v) is 10.4. The van der Waals surface area contributed by atoms with Crippen molar-refractivity contribution in [3.63, 3.8) is 0 Å². The Hall–Kier alpha value is -2.87. The van der Waals surface area contributed by atoms with Gasteiger partial charge in [0.05, 0.1) is 18.7 Å². The molecule has 0 bridgehead atoms. The molecular weight excluding hydrogens is 508 g/mol. The van der Waals surface area contributed by atoms with E-state index in [2.05, 4.69) is 64.5 Å². The average molecular weight is 541 g/mol. The van der Waals surface area contributed by atoms with E-state index in [1.54, 1.807) is 4.68 Å². The van der Waals surface area contributed by atoms with Crippen molar-refractivity contribution in [3.05, 3.63) is 68.9 Å². The molecular formula is C27H33BrN4O3. The van der Waals surface area contributed by atoms with Gasteiger partial charge in [0.15, 0.2) is 0 Å². The highest BCUT2D eigenvalue weighted by Crippen LogP contribution is 2.31. The predicted octanol–water partition coefficient (Wildman–Crippen LogP) is 5.48. The maximum atomic E-state index is 11.6. The van der Waals surface area contributed by atoms with E-state index in [9.17, 15) is 9.90 Å². The van der Waals surface area contributed by atoms with Crippen molar-refractivity contribution in [1.82, 2.24) is 14.8 Å². The van der Waals surface area contributed by atoms with Gasteiger partial charge in [0.1, 0.15) is 5.82 Å². The Bertz CT molecular complexity index is 1190. The molecule has 3 aromatic rings. The van der Waals surface area contributed by atoms with Gasteiger partial charge in [-0.05, 0) is 66.0 Å². The summed E-state index contributed by atoms with van der Waals surface area (Å²) < 4.78 is 8.70. The number of halogens is 1. The lowest BCUT2D eigenvalue weighted by Gasteiger charge is -2.17. The number of ether oxygens (including phenoxy) is 1. The molecule has 4 rings (SSSR count). The highest BCUT2D eigenvalue weighted by atomic mass is 79.9. The first-order valence-electron chi connectivity index (χ1n) is 12.2. The van der Waals surface area contributed by atoms with Gasteiger partial charge in [-0.25, -0.2) is 9.67 Å². The molecule has 0 radical (unpaired) electrons. The lowest BCUT2D eigenvalue weighted by Crippen LogP contribution is -2.14. The van der Waals surface area contributed by atoms with Crippen LogP contribution >= 0.6 is 15.9 Å². The molecule has 2 aromatic heterocycles. The van der Waals surface area contributed by atoms with Crippen LogP contribution in [0.25, 0.3) is 0 Å². The summed E-state index contributed by atoms with van der Waals surface area (Å²) in [6.07, 6.45) is 3.49. The van der Waals surface area contributed by atoms with Crippen LogP contribution in [0.1, 0.15) is 66.6 Å². The van der Waals surface area contributed by atoms with Gasteiger partial charge in [0, 0.05) is 36.2 Å². The normalized spacial score (nSPS) is 13.9. The van der Waals surface area contributed by atoms with Crippen LogP contribution in [0, 0.1) is 0 Å². The number of aliphatic carboxylic acids is 1. The molecule has 186 valence electrons. The molecule has 3 heterocycles. The molecule has 0 fully saturated rings. The van der Waals surface area contributed by atoms with Crippen LogP contribution in [0.4, 0.5) is 5.82 Å². The molecule has 0 saturated carbocycles. The number of carboxylic acids is 1. The Balaban J connectivity index is 1.43. The number of aryl methyl sites for hydroxylation is 2. The average Bonchev–Trinajstić information content (AvgIpc) is 3.16. The Morgan fingerprint density at radius 2 is 2.00 bits per heavy atom. The fourth-order valence-electron chi connectivity index (χ4n) is 4.49. The van der Waals surface area contributed by atoms with E-state index in [1.165, 1.54) is 11.1 Å². The van der Waals surface area contributed by atoms with Gasteiger partial charge < -0.3 is 15.2 Å². The van der Waals surface area contributed by atoms with Crippen molar-refractivity contribution in [2.24, 2.45) is 7.05 Å². The summed E-state index contributed by atoms with van der Waals surface area (Å²) in [5.74, 6) is 1.02. The van der Waals surface area contributed by atoms with Crippen LogP contribution in [0.3, 0.4) is 0 Å². The fourth-order valence-corrected chi connectivity index (χ4v) is 5.01. The van der Waals surface area contributed by atoms with Gasteiger partial charge in [-0.2, -0.15) is 5.10 Å². The van der Waals surface area contributed by atoms with Gasteiger partial charge in [-0.15, -0.1) is 0 Å². The summed E-state index contributed by atoms with van der Waals surface area (Å²) in [7, 11) is 1.85. The molecule has 1 aromatic carbocycles. The predicted molar refractivity (Wildman–Crippen MR) is 140 cm³/mol. The third-order valence-corrected chi connectivity index (χ3v) is 6.86. The van der Waals surface area contributed by atoms with Crippen molar-refractivity contribution < 1.29 is 14.6 Å². The number of carbonyl (C=O) groups is 1. The number of hydrogen-bond donors (Lipinski definition) is 2. The molecule has 1 unspecified atom stereocenters. The van der Waals surface area contributed by atoms with Crippen molar-refractivity contribution in [1.29, 1.82) is 0 Å². The van der Waals surface area contributed by atoms with Gasteiger partial charge in [0.2, 0.25) is 5.88 Å². The van der Waals surface area contributed by atoms with E-state index in [1.807, 2.05) is 19.2 Å². The van der Waals surface area contributed by atoms with E-state index in [0.29, 0.717) is 31.2 Å². The largest absolute Gasteiger partial charge is 0.481 e. The van der Waals surface area contributed by atoms with Crippen LogP contribution in [0.2, 0.25) is 0 Å². The first-order valence-corrected chi connectivity index (χ1v) is 13.0. The Labute approximate surface area is 215 Å². The molecule has 0 saturated heterocycles.